The van der Waals surface area contributed by atoms with Crippen LogP contribution in [0.25, 0.3) is 17.3 Å². The first-order valence-electron chi connectivity index (χ1n) is 13.9. The number of aliphatic hydroxyl groups excluding tert-OH is 1. The minimum atomic E-state index is -0.180. The van der Waals surface area contributed by atoms with E-state index in [1.807, 2.05) is 12.4 Å². The number of hydrogen-bond acceptors (Lipinski definition) is 7. The normalized spacial score (nSPS) is 21.9. The molecule has 3 heterocycles. The lowest BCUT2D eigenvalue weighted by molar-refractivity contribution is 0.126. The molecule has 7 nitrogen and oxygen atoms in total. The number of nitrogens with one attached hydrogen (secondary N) is 2. The fourth-order valence-corrected chi connectivity index (χ4v) is 5.25. The number of anilines is 2. The maximum absolute atomic E-state index is 9.92. The fraction of sp³-hybridized carbons (Fsp3) is 0.621. The van der Waals surface area contributed by atoms with E-state index in [-0.39, 0.29) is 6.10 Å². The van der Waals surface area contributed by atoms with Gasteiger partial charge in [-0.1, -0.05) is 31.1 Å². The van der Waals surface area contributed by atoms with Crippen molar-refractivity contribution in [2.75, 3.05) is 23.7 Å². The van der Waals surface area contributed by atoms with Gasteiger partial charge < -0.3 is 20.6 Å². The van der Waals surface area contributed by atoms with Crippen LogP contribution in [-0.4, -0.2) is 62.3 Å². The number of hydrogen-bond donors (Lipinski definition) is 3. The molecule has 1 saturated heterocycles. The van der Waals surface area contributed by atoms with E-state index >= 15 is 0 Å². The Labute approximate surface area is 216 Å². The van der Waals surface area contributed by atoms with Gasteiger partial charge in [0.05, 0.1) is 17.4 Å². The van der Waals surface area contributed by atoms with E-state index in [4.69, 9.17) is 9.97 Å². The summed E-state index contributed by atoms with van der Waals surface area (Å²) in [6.07, 6.45) is 13.9. The highest BCUT2D eigenvalue weighted by molar-refractivity contribution is 5.73. The summed E-state index contributed by atoms with van der Waals surface area (Å²) in [5, 5.41) is 17.0. The molecule has 1 saturated carbocycles. The summed E-state index contributed by atoms with van der Waals surface area (Å²) in [6.45, 7) is 11.2. The first-order valence-corrected chi connectivity index (χ1v) is 13.9. The van der Waals surface area contributed by atoms with Gasteiger partial charge in [-0.3, -0.25) is 4.98 Å². The Bertz CT molecular complexity index is 987. The summed E-state index contributed by atoms with van der Waals surface area (Å²) in [5.41, 5.74) is 4.44. The van der Waals surface area contributed by atoms with Gasteiger partial charge in [0.1, 0.15) is 5.82 Å². The summed E-state index contributed by atoms with van der Waals surface area (Å²) in [6, 6.07) is 5.46. The van der Waals surface area contributed by atoms with Gasteiger partial charge in [-0.25, -0.2) is 4.98 Å². The minimum absolute atomic E-state index is 0.180. The van der Waals surface area contributed by atoms with Crippen molar-refractivity contribution in [1.29, 1.82) is 0 Å². The van der Waals surface area contributed by atoms with Gasteiger partial charge in [0.2, 0.25) is 5.95 Å². The van der Waals surface area contributed by atoms with Crippen LogP contribution in [0.1, 0.15) is 84.6 Å². The Kier molecular flexibility index (Phi) is 9.32. The quantitative estimate of drug-likeness (QED) is 0.411. The lowest BCUT2D eigenvalue weighted by atomic mass is 9.93. The van der Waals surface area contributed by atoms with Crippen LogP contribution in [0.5, 0.6) is 0 Å². The predicted molar refractivity (Wildman–Crippen MR) is 149 cm³/mol. The van der Waals surface area contributed by atoms with Crippen molar-refractivity contribution in [1.82, 2.24) is 19.9 Å². The smallest absolute Gasteiger partial charge is 0.224 e. The maximum atomic E-state index is 9.92. The molecule has 1 unspecified atom stereocenters. The third kappa shape index (κ3) is 7.26. The van der Waals surface area contributed by atoms with Crippen molar-refractivity contribution in [3.8, 4) is 11.3 Å². The molecule has 4 rings (SSSR count). The van der Waals surface area contributed by atoms with Crippen LogP contribution >= 0.6 is 0 Å². The molecule has 0 aromatic carbocycles. The van der Waals surface area contributed by atoms with Crippen molar-refractivity contribution in [2.45, 2.75) is 103 Å². The third-order valence-corrected chi connectivity index (χ3v) is 7.53. The Morgan fingerprint density at radius 2 is 1.81 bits per heavy atom. The van der Waals surface area contributed by atoms with E-state index in [0.717, 1.165) is 87.1 Å². The molecule has 0 spiro atoms. The van der Waals surface area contributed by atoms with Crippen LogP contribution in [-0.2, 0) is 0 Å². The highest BCUT2D eigenvalue weighted by Gasteiger charge is 2.22. The van der Waals surface area contributed by atoms with Crippen molar-refractivity contribution in [3.05, 3.63) is 35.7 Å². The Balaban J connectivity index is 1.51. The summed E-state index contributed by atoms with van der Waals surface area (Å²) >= 11 is 0. The van der Waals surface area contributed by atoms with Crippen molar-refractivity contribution < 1.29 is 5.11 Å². The summed E-state index contributed by atoms with van der Waals surface area (Å²) < 4.78 is 0. The van der Waals surface area contributed by atoms with Gasteiger partial charge in [-0.2, -0.15) is 4.98 Å². The molecule has 196 valence electrons. The molecule has 36 heavy (non-hydrogen) atoms. The zero-order valence-corrected chi connectivity index (χ0v) is 22.5. The van der Waals surface area contributed by atoms with Crippen LogP contribution in [0.2, 0.25) is 0 Å². The lowest BCUT2D eigenvalue weighted by Gasteiger charge is -2.31. The minimum Gasteiger partial charge on any atom is -0.393 e. The number of piperidine rings is 1. The average molecular weight is 493 g/mol. The van der Waals surface area contributed by atoms with Crippen molar-refractivity contribution >= 4 is 17.8 Å². The van der Waals surface area contributed by atoms with Crippen LogP contribution < -0.4 is 10.6 Å². The summed E-state index contributed by atoms with van der Waals surface area (Å²) in [7, 11) is 0. The van der Waals surface area contributed by atoms with E-state index in [2.05, 4.69) is 66.4 Å². The molecular weight excluding hydrogens is 448 g/mol. The molecule has 2 aromatic heterocycles. The van der Waals surface area contributed by atoms with Gasteiger partial charge in [-0.15, -0.1) is 0 Å². The van der Waals surface area contributed by atoms with Gasteiger partial charge >= 0.3 is 0 Å². The van der Waals surface area contributed by atoms with Gasteiger partial charge in [0, 0.05) is 43.6 Å². The van der Waals surface area contributed by atoms with E-state index < -0.39 is 0 Å². The molecule has 1 atom stereocenters. The first kappa shape index (κ1) is 26.6. The summed E-state index contributed by atoms with van der Waals surface area (Å²) in [5.74, 6) is 1.46. The van der Waals surface area contributed by atoms with Crippen molar-refractivity contribution in [2.24, 2.45) is 0 Å². The molecule has 7 heteroatoms. The number of aromatic nitrogens is 3. The SMILES string of the molecule is CCCC(C)Nc1ncc(-c2ccc(C=C3CCN(C(C)C)CC3)cn2)c(NC2CCC(O)CC2)n1. The molecule has 2 aliphatic rings. The molecule has 1 aliphatic carbocycles. The standard InChI is InChI=1S/C29H44N6O/c1-5-6-21(4)32-29-31-19-26(28(34-29)33-24-8-10-25(36)11-9-24)27-12-7-23(18-30-27)17-22-13-15-35(16-14-22)20(2)3/h7,12,17-21,24-25,36H,5-6,8-11,13-16H2,1-4H3,(H2,31,32,33,34). The molecule has 0 radical (unpaired) electrons. The second-order valence-corrected chi connectivity index (χ2v) is 10.8. The average Bonchev–Trinajstić information content (AvgIpc) is 2.87. The molecule has 2 fully saturated rings. The van der Waals surface area contributed by atoms with E-state index in [1.54, 1.807) is 0 Å². The Morgan fingerprint density at radius 1 is 1.06 bits per heavy atom. The molecular formula is C29H44N6O. The van der Waals surface area contributed by atoms with Crippen LogP contribution in [0.4, 0.5) is 11.8 Å². The van der Waals surface area contributed by atoms with Crippen LogP contribution in [0.15, 0.2) is 30.1 Å². The van der Waals surface area contributed by atoms with Gasteiger partial charge in [0.25, 0.3) is 0 Å². The van der Waals surface area contributed by atoms with E-state index in [0.29, 0.717) is 24.1 Å². The van der Waals surface area contributed by atoms with Crippen molar-refractivity contribution in [3.63, 3.8) is 0 Å². The zero-order chi connectivity index (χ0) is 25.5. The highest BCUT2D eigenvalue weighted by atomic mass is 16.3. The summed E-state index contributed by atoms with van der Waals surface area (Å²) in [4.78, 5) is 16.8. The Hall–Kier alpha value is -2.51. The van der Waals surface area contributed by atoms with Crippen LogP contribution in [0.3, 0.4) is 0 Å². The van der Waals surface area contributed by atoms with Gasteiger partial charge in [0.15, 0.2) is 0 Å². The van der Waals surface area contributed by atoms with E-state index in [9.17, 15) is 5.11 Å². The molecule has 0 bridgehead atoms. The number of pyridine rings is 1. The lowest BCUT2D eigenvalue weighted by Crippen LogP contribution is -2.36. The first-order chi connectivity index (χ1) is 17.4. The second-order valence-electron chi connectivity index (χ2n) is 10.8. The number of nitrogens with zero attached hydrogens (tertiary/aromatic N) is 4. The molecule has 3 N–H and O–H groups in total. The molecule has 2 aromatic rings. The third-order valence-electron chi connectivity index (χ3n) is 7.53. The molecule has 1 aliphatic heterocycles. The number of aliphatic hydroxyl groups is 1. The Morgan fingerprint density at radius 3 is 2.44 bits per heavy atom. The van der Waals surface area contributed by atoms with Crippen LogP contribution in [0, 0.1) is 0 Å². The fourth-order valence-electron chi connectivity index (χ4n) is 5.25. The predicted octanol–water partition coefficient (Wildman–Crippen LogP) is 5.74. The zero-order valence-electron chi connectivity index (χ0n) is 22.5. The van der Waals surface area contributed by atoms with Gasteiger partial charge in [-0.05, 0) is 77.3 Å². The van der Waals surface area contributed by atoms with E-state index in [1.165, 1.54) is 5.57 Å². The second kappa shape index (κ2) is 12.6. The number of rotatable bonds is 9. The monoisotopic (exact) mass is 492 g/mol. The molecule has 0 amide bonds. The largest absolute Gasteiger partial charge is 0.393 e. The highest BCUT2D eigenvalue weighted by Crippen LogP contribution is 2.30. The number of likely N-dealkylation sites (tertiary alicyclic amines) is 1. The maximum Gasteiger partial charge on any atom is 0.224 e. The topological polar surface area (TPSA) is 86.2 Å².